The van der Waals surface area contributed by atoms with Crippen LogP contribution in [0.5, 0.6) is 0 Å². The Morgan fingerprint density at radius 3 is 2.42 bits per heavy atom. The number of hydrogen-bond acceptors (Lipinski definition) is 7. The lowest BCUT2D eigenvalue weighted by Gasteiger charge is -2.44. The van der Waals surface area contributed by atoms with Crippen molar-refractivity contribution in [3.05, 3.63) is 59.6 Å². The molecule has 1 amide bonds. The van der Waals surface area contributed by atoms with Crippen LogP contribution >= 0.6 is 11.3 Å². The maximum Gasteiger partial charge on any atom is 0.348 e. The molecule has 4 heterocycles. The monoisotopic (exact) mass is 622 g/mol. The van der Waals surface area contributed by atoms with Crippen LogP contribution in [0, 0.1) is 5.92 Å². The fourth-order valence-corrected chi connectivity index (χ4v) is 9.23. The fraction of sp³-hybridized carbons (Fsp3) is 0.469. The number of piperidine rings is 1. The molecule has 43 heavy (non-hydrogen) atoms. The number of thiophene rings is 1. The molecule has 2 aliphatic heterocycles. The van der Waals surface area contributed by atoms with Crippen LogP contribution in [-0.2, 0) is 14.8 Å². The summed E-state index contributed by atoms with van der Waals surface area (Å²) in [5.41, 5.74) is 1.23. The molecule has 3 aromatic rings. The second-order valence-electron chi connectivity index (χ2n) is 11.9. The molecule has 0 radical (unpaired) electrons. The molecule has 2 atom stereocenters. The van der Waals surface area contributed by atoms with E-state index in [4.69, 9.17) is 0 Å². The van der Waals surface area contributed by atoms with Crippen molar-refractivity contribution in [2.24, 2.45) is 5.92 Å². The van der Waals surface area contributed by atoms with Crippen molar-refractivity contribution < 1.29 is 23.1 Å². The summed E-state index contributed by atoms with van der Waals surface area (Å²) in [5.74, 6) is -0.669. The number of anilines is 2. The van der Waals surface area contributed by atoms with Crippen molar-refractivity contribution >= 4 is 44.7 Å². The van der Waals surface area contributed by atoms with Crippen molar-refractivity contribution in [1.82, 2.24) is 9.29 Å². The average molecular weight is 623 g/mol. The number of carbonyl (C=O) groups is 2. The van der Waals surface area contributed by atoms with E-state index in [0.29, 0.717) is 11.7 Å². The Kier molecular flexibility index (Phi) is 8.57. The lowest BCUT2D eigenvalue weighted by Crippen LogP contribution is -2.60. The van der Waals surface area contributed by atoms with Crippen LogP contribution in [0.25, 0.3) is 10.4 Å². The van der Waals surface area contributed by atoms with Gasteiger partial charge in [-0.05, 0) is 68.7 Å². The average Bonchev–Trinajstić information content (AvgIpc) is 3.47. The zero-order valence-electron chi connectivity index (χ0n) is 24.4. The van der Waals surface area contributed by atoms with Crippen LogP contribution in [0.1, 0.15) is 68.0 Å². The van der Waals surface area contributed by atoms with Gasteiger partial charge in [0, 0.05) is 30.2 Å². The van der Waals surface area contributed by atoms with E-state index in [-0.39, 0.29) is 28.8 Å². The Hall–Kier alpha value is -3.28. The Bertz CT molecular complexity index is 1570. The molecule has 0 bridgehead atoms. The Balaban J connectivity index is 1.32. The van der Waals surface area contributed by atoms with Crippen LogP contribution in [0.15, 0.2) is 59.6 Å². The van der Waals surface area contributed by atoms with Gasteiger partial charge in [-0.3, -0.25) is 4.79 Å². The predicted octanol–water partition coefficient (Wildman–Crippen LogP) is 5.87. The first kappa shape index (κ1) is 29.8. The van der Waals surface area contributed by atoms with Gasteiger partial charge in [-0.15, -0.1) is 11.3 Å². The molecule has 1 N–H and O–H groups in total. The molecule has 6 rings (SSSR count). The Labute approximate surface area is 257 Å². The van der Waals surface area contributed by atoms with E-state index < -0.39 is 27.9 Å². The van der Waals surface area contributed by atoms with Crippen molar-refractivity contribution in [2.75, 3.05) is 29.4 Å². The van der Waals surface area contributed by atoms with Gasteiger partial charge in [-0.2, -0.15) is 4.31 Å². The number of carbonyl (C=O) groups excluding carboxylic acids is 1. The summed E-state index contributed by atoms with van der Waals surface area (Å²) in [6.07, 6.45) is 9.59. The van der Waals surface area contributed by atoms with Crippen molar-refractivity contribution in [3.8, 4) is 10.4 Å². The van der Waals surface area contributed by atoms with Crippen molar-refractivity contribution in [3.63, 3.8) is 0 Å². The van der Waals surface area contributed by atoms with Crippen molar-refractivity contribution in [1.29, 1.82) is 0 Å². The first-order valence-corrected chi connectivity index (χ1v) is 17.5. The summed E-state index contributed by atoms with van der Waals surface area (Å²) >= 11 is 1.14. The molecular formula is C32H38N4O5S2. The Morgan fingerprint density at radius 2 is 1.74 bits per heavy atom. The van der Waals surface area contributed by atoms with Gasteiger partial charge in [0.2, 0.25) is 15.9 Å². The molecular weight excluding hydrogens is 585 g/mol. The third-order valence-electron chi connectivity index (χ3n) is 9.18. The minimum Gasteiger partial charge on any atom is -0.477 e. The maximum atomic E-state index is 14.0. The second-order valence-corrected chi connectivity index (χ2v) is 14.9. The number of rotatable bonds is 7. The highest BCUT2D eigenvalue weighted by Gasteiger charge is 2.44. The van der Waals surface area contributed by atoms with Crippen LogP contribution in [0.4, 0.5) is 11.5 Å². The number of aromatic carboxylic acids is 1. The second kappa shape index (κ2) is 12.4. The van der Waals surface area contributed by atoms with Gasteiger partial charge in [-0.1, -0.05) is 49.6 Å². The molecule has 0 spiro atoms. The summed E-state index contributed by atoms with van der Waals surface area (Å²) in [4.78, 5) is 35.7. The zero-order chi connectivity index (χ0) is 30.1. The largest absolute Gasteiger partial charge is 0.477 e. The highest BCUT2D eigenvalue weighted by molar-refractivity contribution is 7.89. The molecule has 1 saturated carbocycles. The smallest absolute Gasteiger partial charge is 0.348 e. The molecule has 11 heteroatoms. The summed E-state index contributed by atoms with van der Waals surface area (Å²) in [7, 11) is -4.01. The molecule has 3 aliphatic rings. The first-order chi connectivity index (χ1) is 20.7. The maximum absolute atomic E-state index is 14.0. The number of hydrogen-bond donors (Lipinski definition) is 1. The quantitative estimate of drug-likeness (QED) is 0.351. The molecule has 1 aromatic carbocycles. The van der Waals surface area contributed by atoms with Crippen LogP contribution in [0.3, 0.4) is 0 Å². The minimum absolute atomic E-state index is 0.0673. The molecule has 1 aliphatic carbocycles. The number of aromatic nitrogens is 1. The van der Waals surface area contributed by atoms with E-state index in [1.165, 1.54) is 16.9 Å². The number of pyridine rings is 1. The normalized spacial score (nSPS) is 22.6. The van der Waals surface area contributed by atoms with E-state index in [0.717, 1.165) is 79.1 Å². The van der Waals surface area contributed by atoms with Gasteiger partial charge in [-0.25, -0.2) is 18.2 Å². The third-order valence-corrected chi connectivity index (χ3v) is 12.1. The van der Waals surface area contributed by atoms with Gasteiger partial charge in [0.1, 0.15) is 15.6 Å². The predicted molar refractivity (Wildman–Crippen MR) is 168 cm³/mol. The lowest BCUT2D eigenvalue weighted by atomic mass is 9.82. The third kappa shape index (κ3) is 5.94. The van der Waals surface area contributed by atoms with Crippen LogP contribution in [-0.4, -0.2) is 66.4 Å². The number of sulfonamides is 1. The molecule has 2 aromatic heterocycles. The Morgan fingerprint density at radius 1 is 1.00 bits per heavy atom. The van der Waals surface area contributed by atoms with Gasteiger partial charge >= 0.3 is 5.97 Å². The van der Waals surface area contributed by atoms with E-state index >= 15 is 0 Å². The topological polar surface area (TPSA) is 111 Å². The highest BCUT2D eigenvalue weighted by atomic mass is 32.2. The molecule has 0 unspecified atom stereocenters. The molecule has 9 nitrogen and oxygen atoms in total. The molecule has 2 saturated heterocycles. The standard InChI is InChI=1S/C32H38N4O5S2/c1-22-10-8-9-17-35(22)29-16-15-25(19-33-29)43(40,41)34-20-27(23-11-4-2-5-12-23)36(30(37)21-34)26-18-28(42-31(26)32(38)39)24-13-6-3-7-14-24/h3,6-7,13-16,18-19,22-23,27H,2,4-5,8-12,17,20-21H2,1H3,(H,38,39)/t22-,27+/m1/s1. The van der Waals surface area contributed by atoms with E-state index in [2.05, 4.69) is 16.8 Å². The number of piperazine rings is 1. The van der Waals surface area contributed by atoms with Gasteiger partial charge in [0.15, 0.2) is 0 Å². The molecule has 3 fully saturated rings. The van der Waals surface area contributed by atoms with E-state index in [1.807, 2.05) is 30.3 Å². The van der Waals surface area contributed by atoms with Crippen LogP contribution in [0.2, 0.25) is 0 Å². The number of carboxylic acids is 1. The van der Waals surface area contributed by atoms with E-state index in [9.17, 15) is 23.1 Å². The zero-order valence-corrected chi connectivity index (χ0v) is 26.0. The SMILES string of the molecule is C[C@@H]1CCCCN1c1ccc(S(=O)(=O)N2CC(=O)N(c3cc(-c4ccccc4)sc3C(=O)O)[C@H](C3CCCCC3)C2)cn1. The minimum atomic E-state index is -4.01. The van der Waals surface area contributed by atoms with Gasteiger partial charge in [0.25, 0.3) is 0 Å². The van der Waals surface area contributed by atoms with Gasteiger partial charge in [0.05, 0.1) is 18.3 Å². The summed E-state index contributed by atoms with van der Waals surface area (Å²) < 4.78 is 29.1. The number of amides is 1. The van der Waals surface area contributed by atoms with Crippen LogP contribution < -0.4 is 9.80 Å². The van der Waals surface area contributed by atoms with Gasteiger partial charge < -0.3 is 14.9 Å². The summed E-state index contributed by atoms with van der Waals surface area (Å²) in [6, 6.07) is 14.5. The van der Waals surface area contributed by atoms with Crippen molar-refractivity contribution in [2.45, 2.75) is 75.3 Å². The lowest BCUT2D eigenvalue weighted by molar-refractivity contribution is -0.121. The number of nitrogens with zero attached hydrogens (tertiary/aromatic N) is 4. The number of carboxylic acid groups (broad SMARTS) is 1. The highest BCUT2D eigenvalue weighted by Crippen LogP contribution is 2.42. The number of benzene rings is 1. The molecule has 228 valence electrons. The first-order valence-electron chi connectivity index (χ1n) is 15.2. The van der Waals surface area contributed by atoms with E-state index in [1.54, 1.807) is 23.1 Å². The summed E-state index contributed by atoms with van der Waals surface area (Å²) in [6.45, 7) is 2.81. The summed E-state index contributed by atoms with van der Waals surface area (Å²) in [5, 5.41) is 10.2. The fourth-order valence-electron chi connectivity index (χ4n) is 6.88.